The van der Waals surface area contributed by atoms with Crippen LogP contribution >= 0.6 is 11.3 Å². The summed E-state index contributed by atoms with van der Waals surface area (Å²) in [4.78, 5) is 4.47. The van der Waals surface area contributed by atoms with Crippen molar-refractivity contribution in [2.45, 2.75) is 32.2 Å². The smallest absolute Gasteiger partial charge is 0.0947 e. The quantitative estimate of drug-likeness (QED) is 0.831. The van der Waals surface area contributed by atoms with Crippen molar-refractivity contribution in [1.82, 2.24) is 14.9 Å². The van der Waals surface area contributed by atoms with E-state index in [0.717, 1.165) is 31.5 Å². The molecule has 0 aromatic carbocycles. The van der Waals surface area contributed by atoms with Crippen LogP contribution in [-0.4, -0.2) is 16.1 Å². The zero-order chi connectivity index (χ0) is 12.8. The average Bonchev–Trinajstić information content (AvgIpc) is 3.01. The van der Waals surface area contributed by atoms with Gasteiger partial charge in [0.05, 0.1) is 18.1 Å². The van der Waals surface area contributed by atoms with E-state index in [1.54, 1.807) is 11.3 Å². The van der Waals surface area contributed by atoms with Crippen LogP contribution in [0.25, 0.3) is 0 Å². The summed E-state index contributed by atoms with van der Waals surface area (Å²) in [5, 5.41) is 7.96. The minimum absolute atomic E-state index is 0.367. The van der Waals surface area contributed by atoms with Crippen LogP contribution in [0.4, 0.5) is 0 Å². The Kier molecular flexibility index (Phi) is 4.96. The van der Waals surface area contributed by atoms with Gasteiger partial charge >= 0.3 is 0 Å². The maximum Gasteiger partial charge on any atom is 0.0947 e. The van der Waals surface area contributed by atoms with Gasteiger partial charge in [0.2, 0.25) is 0 Å². The predicted molar refractivity (Wildman–Crippen MR) is 76.9 cm³/mol. The fourth-order valence-corrected chi connectivity index (χ4v) is 2.74. The van der Waals surface area contributed by atoms with Crippen molar-refractivity contribution in [3.63, 3.8) is 0 Å². The van der Waals surface area contributed by atoms with Gasteiger partial charge in [-0.2, -0.15) is 11.3 Å². The van der Waals surface area contributed by atoms with Gasteiger partial charge < -0.3 is 9.88 Å². The van der Waals surface area contributed by atoms with Gasteiger partial charge in [0.1, 0.15) is 0 Å². The van der Waals surface area contributed by atoms with E-state index >= 15 is 0 Å². The highest BCUT2D eigenvalue weighted by Crippen LogP contribution is 2.18. The zero-order valence-corrected chi connectivity index (χ0v) is 11.9. The number of imidazole rings is 1. The fraction of sp³-hybridized carbons (Fsp3) is 0.500. The highest BCUT2D eigenvalue weighted by atomic mass is 32.1. The third kappa shape index (κ3) is 3.68. The molecule has 2 aromatic rings. The topological polar surface area (TPSA) is 29.9 Å². The molecule has 2 heterocycles. The normalized spacial score (nSPS) is 12.8. The lowest BCUT2D eigenvalue weighted by atomic mass is 10.1. The van der Waals surface area contributed by atoms with Crippen LogP contribution in [0.15, 0.2) is 29.4 Å². The Morgan fingerprint density at radius 3 is 3.00 bits per heavy atom. The van der Waals surface area contributed by atoms with Gasteiger partial charge in [0, 0.05) is 13.2 Å². The predicted octanol–water partition coefficient (Wildman–Crippen LogP) is 3.16. The number of aromatic nitrogens is 2. The molecule has 0 saturated heterocycles. The second-order valence-corrected chi connectivity index (χ2v) is 5.42. The first-order valence-corrected chi connectivity index (χ1v) is 7.46. The van der Waals surface area contributed by atoms with E-state index in [4.69, 9.17) is 0 Å². The first-order chi connectivity index (χ1) is 8.79. The summed E-state index contributed by atoms with van der Waals surface area (Å²) in [6.45, 7) is 3.24. The Bertz CT molecular complexity index is 447. The summed E-state index contributed by atoms with van der Waals surface area (Å²) in [6.07, 6.45) is 7.36. The minimum atomic E-state index is 0.367. The van der Waals surface area contributed by atoms with Crippen LogP contribution in [0, 0.1) is 0 Å². The van der Waals surface area contributed by atoms with Gasteiger partial charge in [-0.25, -0.2) is 4.98 Å². The van der Waals surface area contributed by atoms with Crippen molar-refractivity contribution in [2.24, 2.45) is 7.05 Å². The van der Waals surface area contributed by atoms with E-state index in [9.17, 15) is 0 Å². The molecule has 98 valence electrons. The van der Waals surface area contributed by atoms with Crippen LogP contribution in [0.1, 0.15) is 37.1 Å². The van der Waals surface area contributed by atoms with Crippen molar-refractivity contribution in [3.8, 4) is 0 Å². The molecule has 0 saturated carbocycles. The molecule has 0 spiro atoms. The molecule has 0 bridgehead atoms. The van der Waals surface area contributed by atoms with Crippen LogP contribution in [0.3, 0.4) is 0 Å². The lowest BCUT2D eigenvalue weighted by Crippen LogP contribution is -2.23. The van der Waals surface area contributed by atoms with Gasteiger partial charge in [-0.15, -0.1) is 0 Å². The first kappa shape index (κ1) is 13.3. The zero-order valence-electron chi connectivity index (χ0n) is 11.1. The number of hydrogen-bond acceptors (Lipinski definition) is 3. The SMILES string of the molecule is CCCNC(CCc1ccsc1)c1cn(C)cn1. The third-order valence-electron chi connectivity index (χ3n) is 3.02. The van der Waals surface area contributed by atoms with Crippen LogP contribution in [-0.2, 0) is 13.5 Å². The van der Waals surface area contributed by atoms with E-state index in [0.29, 0.717) is 6.04 Å². The average molecular weight is 263 g/mol. The molecule has 0 aliphatic rings. The number of aryl methyl sites for hydroxylation is 2. The van der Waals surface area contributed by atoms with E-state index in [-0.39, 0.29) is 0 Å². The van der Waals surface area contributed by atoms with Gasteiger partial charge in [-0.3, -0.25) is 0 Å². The lowest BCUT2D eigenvalue weighted by molar-refractivity contribution is 0.490. The first-order valence-electron chi connectivity index (χ1n) is 6.52. The van der Waals surface area contributed by atoms with Crippen molar-refractivity contribution >= 4 is 11.3 Å². The maximum absolute atomic E-state index is 4.47. The molecule has 0 aliphatic carbocycles. The summed E-state index contributed by atoms with van der Waals surface area (Å²) < 4.78 is 2.01. The van der Waals surface area contributed by atoms with E-state index in [2.05, 4.69) is 40.2 Å². The number of nitrogens with zero attached hydrogens (tertiary/aromatic N) is 2. The Hall–Kier alpha value is -1.13. The number of hydrogen-bond donors (Lipinski definition) is 1. The summed E-state index contributed by atoms with van der Waals surface area (Å²) in [5.41, 5.74) is 2.58. The standard InChI is InChI=1S/C14H21N3S/c1-3-7-15-13(14-9-17(2)11-16-14)5-4-12-6-8-18-10-12/h6,8-11,13,15H,3-5,7H2,1-2H3. The molecule has 1 atom stereocenters. The Labute approximate surface area is 113 Å². The van der Waals surface area contributed by atoms with Gasteiger partial charge in [-0.05, 0) is 48.2 Å². The van der Waals surface area contributed by atoms with Crippen molar-refractivity contribution in [2.75, 3.05) is 6.54 Å². The molecular formula is C14H21N3S. The highest BCUT2D eigenvalue weighted by molar-refractivity contribution is 7.07. The largest absolute Gasteiger partial charge is 0.340 e. The van der Waals surface area contributed by atoms with Crippen molar-refractivity contribution in [1.29, 1.82) is 0 Å². The molecule has 3 nitrogen and oxygen atoms in total. The monoisotopic (exact) mass is 263 g/mol. The molecule has 2 aromatic heterocycles. The lowest BCUT2D eigenvalue weighted by Gasteiger charge is -2.16. The number of rotatable bonds is 7. The Morgan fingerprint density at radius 1 is 1.50 bits per heavy atom. The molecule has 2 rings (SSSR count). The van der Waals surface area contributed by atoms with Crippen molar-refractivity contribution < 1.29 is 0 Å². The fourth-order valence-electron chi connectivity index (χ4n) is 2.03. The molecule has 0 aliphatic heterocycles. The van der Waals surface area contributed by atoms with Crippen LogP contribution in [0.2, 0.25) is 0 Å². The van der Waals surface area contributed by atoms with E-state index in [1.165, 1.54) is 5.56 Å². The summed E-state index contributed by atoms with van der Waals surface area (Å²) in [6, 6.07) is 2.58. The second-order valence-electron chi connectivity index (χ2n) is 4.64. The number of thiophene rings is 1. The summed E-state index contributed by atoms with van der Waals surface area (Å²) >= 11 is 1.77. The molecule has 1 unspecified atom stereocenters. The molecule has 0 amide bonds. The van der Waals surface area contributed by atoms with Crippen LogP contribution in [0.5, 0.6) is 0 Å². The van der Waals surface area contributed by atoms with E-state index < -0.39 is 0 Å². The number of nitrogens with one attached hydrogen (secondary N) is 1. The Morgan fingerprint density at radius 2 is 2.39 bits per heavy atom. The van der Waals surface area contributed by atoms with E-state index in [1.807, 2.05) is 17.9 Å². The second kappa shape index (κ2) is 6.71. The minimum Gasteiger partial charge on any atom is -0.340 e. The molecule has 0 fully saturated rings. The summed E-state index contributed by atoms with van der Waals surface area (Å²) in [5.74, 6) is 0. The third-order valence-corrected chi connectivity index (χ3v) is 3.76. The Balaban J connectivity index is 1.96. The summed E-state index contributed by atoms with van der Waals surface area (Å²) in [7, 11) is 2.02. The highest BCUT2D eigenvalue weighted by Gasteiger charge is 2.13. The molecule has 1 N–H and O–H groups in total. The molecular weight excluding hydrogens is 242 g/mol. The molecule has 18 heavy (non-hydrogen) atoms. The van der Waals surface area contributed by atoms with Crippen molar-refractivity contribution in [3.05, 3.63) is 40.6 Å². The van der Waals surface area contributed by atoms with Crippen LogP contribution < -0.4 is 5.32 Å². The maximum atomic E-state index is 4.47. The molecule has 0 radical (unpaired) electrons. The van der Waals surface area contributed by atoms with Gasteiger partial charge in [0.25, 0.3) is 0 Å². The van der Waals surface area contributed by atoms with Gasteiger partial charge in [0.15, 0.2) is 0 Å². The molecule has 4 heteroatoms. The van der Waals surface area contributed by atoms with Gasteiger partial charge in [-0.1, -0.05) is 6.92 Å².